The molecule has 1 aliphatic heterocycles. The quantitative estimate of drug-likeness (QED) is 0.629. The molecule has 1 fully saturated rings. The Balaban J connectivity index is 2.37. The zero-order valence-electron chi connectivity index (χ0n) is 9.16. The van der Waals surface area contributed by atoms with E-state index in [0.29, 0.717) is 25.8 Å². The Labute approximate surface area is 85.2 Å². The average molecular weight is 201 g/mol. The number of rotatable bonds is 3. The molecule has 0 aromatic rings. The van der Waals surface area contributed by atoms with Gasteiger partial charge in [-0.3, -0.25) is 9.69 Å². The van der Waals surface area contributed by atoms with E-state index in [1.165, 1.54) is 0 Å². The van der Waals surface area contributed by atoms with E-state index in [1.807, 2.05) is 13.8 Å². The molecule has 0 spiro atoms. The van der Waals surface area contributed by atoms with Gasteiger partial charge in [0, 0.05) is 12.6 Å². The lowest BCUT2D eigenvalue weighted by atomic mass is 10.2. The minimum Gasteiger partial charge on any atom is -0.465 e. The van der Waals surface area contributed by atoms with Crippen molar-refractivity contribution in [2.75, 3.05) is 26.3 Å². The predicted molar refractivity (Wildman–Crippen MR) is 53.1 cm³/mol. The molecule has 4 nitrogen and oxygen atoms in total. The van der Waals surface area contributed by atoms with Gasteiger partial charge in [-0.1, -0.05) is 0 Å². The Kier molecular flexibility index (Phi) is 4.35. The van der Waals surface area contributed by atoms with E-state index in [-0.39, 0.29) is 12.1 Å². The minimum absolute atomic E-state index is 0.145. The van der Waals surface area contributed by atoms with Crippen LogP contribution in [0.3, 0.4) is 0 Å². The molecule has 0 N–H and O–H groups in total. The smallest absolute Gasteiger partial charge is 0.320 e. The zero-order chi connectivity index (χ0) is 10.6. The normalized spacial score (nSPS) is 28.8. The molecule has 82 valence electrons. The molecule has 14 heavy (non-hydrogen) atoms. The Hall–Kier alpha value is -0.610. The molecule has 0 bridgehead atoms. The summed E-state index contributed by atoms with van der Waals surface area (Å²) in [5, 5.41) is 0. The van der Waals surface area contributed by atoms with Gasteiger partial charge in [0.05, 0.1) is 25.9 Å². The van der Waals surface area contributed by atoms with E-state index in [1.54, 1.807) is 0 Å². The molecule has 0 saturated carbocycles. The molecule has 1 heterocycles. The summed E-state index contributed by atoms with van der Waals surface area (Å²) < 4.78 is 10.4. The van der Waals surface area contributed by atoms with Gasteiger partial charge in [0.15, 0.2) is 0 Å². The molecule has 1 saturated heterocycles. The van der Waals surface area contributed by atoms with Gasteiger partial charge >= 0.3 is 5.97 Å². The van der Waals surface area contributed by atoms with Crippen LogP contribution in [0.5, 0.6) is 0 Å². The number of carbonyl (C=O) groups is 1. The molecule has 0 radical (unpaired) electrons. The van der Waals surface area contributed by atoms with Crippen LogP contribution in [0, 0.1) is 0 Å². The van der Waals surface area contributed by atoms with E-state index >= 15 is 0 Å². The standard InChI is InChI=1S/C10H19NO3/c1-4-13-10(12)6-11-5-9(3)14-7-8(11)2/h8-9H,4-7H2,1-3H3/t8-,9-/m0/s1. The van der Waals surface area contributed by atoms with Crippen molar-refractivity contribution in [3.63, 3.8) is 0 Å². The summed E-state index contributed by atoms with van der Waals surface area (Å²) in [5.74, 6) is -0.145. The summed E-state index contributed by atoms with van der Waals surface area (Å²) in [6.07, 6.45) is 0.209. The molecule has 4 heteroatoms. The van der Waals surface area contributed by atoms with E-state index in [2.05, 4.69) is 11.8 Å². The van der Waals surface area contributed by atoms with E-state index < -0.39 is 0 Å². The zero-order valence-corrected chi connectivity index (χ0v) is 9.16. The average Bonchev–Trinajstić information content (AvgIpc) is 2.12. The fourth-order valence-electron chi connectivity index (χ4n) is 1.56. The Morgan fingerprint density at radius 3 is 2.93 bits per heavy atom. The number of esters is 1. The summed E-state index contributed by atoms with van der Waals surface area (Å²) in [6.45, 7) is 8.23. The van der Waals surface area contributed by atoms with Crippen molar-refractivity contribution < 1.29 is 14.3 Å². The number of nitrogens with zero attached hydrogens (tertiary/aromatic N) is 1. The number of carbonyl (C=O) groups excluding carboxylic acids is 1. The molecule has 0 aliphatic carbocycles. The summed E-state index contributed by atoms with van der Waals surface area (Å²) in [7, 11) is 0. The van der Waals surface area contributed by atoms with Crippen molar-refractivity contribution in [2.24, 2.45) is 0 Å². The van der Waals surface area contributed by atoms with Gasteiger partial charge in [0.25, 0.3) is 0 Å². The van der Waals surface area contributed by atoms with Crippen molar-refractivity contribution in [3.05, 3.63) is 0 Å². The van der Waals surface area contributed by atoms with Gasteiger partial charge in [-0.05, 0) is 20.8 Å². The maximum atomic E-state index is 11.3. The van der Waals surface area contributed by atoms with Crippen LogP contribution >= 0.6 is 0 Å². The first-order chi connectivity index (χ1) is 6.63. The van der Waals surface area contributed by atoms with Crippen LogP contribution in [0.4, 0.5) is 0 Å². The molecular weight excluding hydrogens is 182 g/mol. The second kappa shape index (κ2) is 5.32. The third kappa shape index (κ3) is 3.27. The van der Waals surface area contributed by atoms with Crippen LogP contribution in [-0.2, 0) is 14.3 Å². The van der Waals surface area contributed by atoms with Gasteiger partial charge in [0.2, 0.25) is 0 Å². The molecular formula is C10H19NO3. The molecule has 0 unspecified atom stereocenters. The third-order valence-corrected chi connectivity index (χ3v) is 2.37. The first-order valence-corrected chi connectivity index (χ1v) is 5.14. The first kappa shape index (κ1) is 11.5. The summed E-state index contributed by atoms with van der Waals surface area (Å²) >= 11 is 0. The van der Waals surface area contributed by atoms with Crippen LogP contribution in [0.15, 0.2) is 0 Å². The predicted octanol–water partition coefficient (Wildman–Crippen LogP) is 0.659. The third-order valence-electron chi connectivity index (χ3n) is 2.37. The lowest BCUT2D eigenvalue weighted by molar-refractivity contribution is -0.147. The van der Waals surface area contributed by atoms with Crippen molar-refractivity contribution in [1.29, 1.82) is 0 Å². The highest BCUT2D eigenvalue weighted by Gasteiger charge is 2.25. The first-order valence-electron chi connectivity index (χ1n) is 5.14. The van der Waals surface area contributed by atoms with Crippen LogP contribution in [-0.4, -0.2) is 49.3 Å². The Morgan fingerprint density at radius 1 is 1.57 bits per heavy atom. The van der Waals surface area contributed by atoms with Gasteiger partial charge in [-0.2, -0.15) is 0 Å². The molecule has 2 atom stereocenters. The fourth-order valence-corrected chi connectivity index (χ4v) is 1.56. The highest BCUT2D eigenvalue weighted by Crippen LogP contribution is 2.10. The number of hydrogen-bond acceptors (Lipinski definition) is 4. The van der Waals surface area contributed by atoms with Crippen LogP contribution in [0.1, 0.15) is 20.8 Å². The van der Waals surface area contributed by atoms with Crippen molar-refractivity contribution in [3.8, 4) is 0 Å². The lowest BCUT2D eigenvalue weighted by Gasteiger charge is -2.35. The van der Waals surface area contributed by atoms with Crippen LogP contribution in [0.2, 0.25) is 0 Å². The van der Waals surface area contributed by atoms with E-state index in [0.717, 1.165) is 6.54 Å². The topological polar surface area (TPSA) is 38.8 Å². The summed E-state index contributed by atoms with van der Waals surface area (Å²) in [4.78, 5) is 13.4. The largest absolute Gasteiger partial charge is 0.465 e. The summed E-state index contributed by atoms with van der Waals surface area (Å²) in [5.41, 5.74) is 0. The van der Waals surface area contributed by atoms with E-state index in [4.69, 9.17) is 9.47 Å². The van der Waals surface area contributed by atoms with Crippen molar-refractivity contribution in [1.82, 2.24) is 4.90 Å². The van der Waals surface area contributed by atoms with Crippen molar-refractivity contribution in [2.45, 2.75) is 32.9 Å². The van der Waals surface area contributed by atoms with E-state index in [9.17, 15) is 4.79 Å². The van der Waals surface area contributed by atoms with Crippen molar-refractivity contribution >= 4 is 5.97 Å². The highest BCUT2D eigenvalue weighted by atomic mass is 16.5. The number of morpholine rings is 1. The SMILES string of the molecule is CCOC(=O)CN1C[C@H](C)OC[C@@H]1C. The molecule has 1 aliphatic rings. The maximum Gasteiger partial charge on any atom is 0.320 e. The molecule has 0 amide bonds. The number of ether oxygens (including phenoxy) is 2. The fraction of sp³-hybridized carbons (Fsp3) is 0.900. The Morgan fingerprint density at radius 2 is 2.29 bits per heavy atom. The lowest BCUT2D eigenvalue weighted by Crippen LogP contribution is -2.49. The minimum atomic E-state index is -0.145. The molecule has 0 aromatic heterocycles. The van der Waals surface area contributed by atoms with Crippen LogP contribution in [0.25, 0.3) is 0 Å². The van der Waals surface area contributed by atoms with Gasteiger partial charge in [-0.25, -0.2) is 0 Å². The maximum absolute atomic E-state index is 11.3. The molecule has 0 aromatic carbocycles. The highest BCUT2D eigenvalue weighted by molar-refractivity contribution is 5.71. The monoisotopic (exact) mass is 201 g/mol. The van der Waals surface area contributed by atoms with Gasteiger partial charge in [0.1, 0.15) is 0 Å². The second-order valence-electron chi connectivity index (χ2n) is 3.73. The Bertz CT molecular complexity index is 196. The van der Waals surface area contributed by atoms with Gasteiger partial charge in [-0.15, -0.1) is 0 Å². The van der Waals surface area contributed by atoms with Gasteiger partial charge < -0.3 is 9.47 Å². The second-order valence-corrected chi connectivity index (χ2v) is 3.73. The van der Waals surface area contributed by atoms with Crippen LogP contribution < -0.4 is 0 Å². The molecule has 1 rings (SSSR count). The number of hydrogen-bond donors (Lipinski definition) is 0. The summed E-state index contributed by atoms with van der Waals surface area (Å²) in [6, 6.07) is 0.301.